The van der Waals surface area contributed by atoms with Crippen molar-refractivity contribution in [3.63, 3.8) is 0 Å². The molecule has 3 rings (SSSR count). The van der Waals surface area contributed by atoms with E-state index >= 15 is 0 Å². The summed E-state index contributed by atoms with van der Waals surface area (Å²) in [7, 11) is 0. The van der Waals surface area contributed by atoms with Crippen LogP contribution in [0.3, 0.4) is 0 Å². The van der Waals surface area contributed by atoms with Gasteiger partial charge in [-0.15, -0.1) is 0 Å². The predicted molar refractivity (Wildman–Crippen MR) is 95.0 cm³/mol. The minimum atomic E-state index is -0.0850. The number of hydrogen-bond acceptors (Lipinski definition) is 2. The summed E-state index contributed by atoms with van der Waals surface area (Å²) >= 11 is 0. The van der Waals surface area contributed by atoms with E-state index in [1.807, 2.05) is 60.4 Å². The first-order valence-corrected chi connectivity index (χ1v) is 8.38. The number of aryl methyl sites for hydroxylation is 1. The zero-order valence-electron chi connectivity index (χ0n) is 13.9. The van der Waals surface area contributed by atoms with Gasteiger partial charge in [0.2, 0.25) is 5.91 Å². The van der Waals surface area contributed by atoms with E-state index in [4.69, 9.17) is 0 Å². The predicted octanol–water partition coefficient (Wildman–Crippen LogP) is 3.44. The summed E-state index contributed by atoms with van der Waals surface area (Å²) in [5.74, 6) is 0.0975. The van der Waals surface area contributed by atoms with Gasteiger partial charge in [0, 0.05) is 30.8 Å². The first-order chi connectivity index (χ1) is 11.6. The Morgan fingerprint density at radius 1 is 1.12 bits per heavy atom. The summed E-state index contributed by atoms with van der Waals surface area (Å²) in [6.45, 7) is 3.19. The van der Waals surface area contributed by atoms with E-state index in [1.54, 1.807) is 0 Å². The quantitative estimate of drug-likeness (QED) is 0.937. The summed E-state index contributed by atoms with van der Waals surface area (Å²) in [5, 5.41) is 2.94. The van der Waals surface area contributed by atoms with Gasteiger partial charge in [0.25, 0.3) is 5.91 Å². The van der Waals surface area contributed by atoms with E-state index in [0.29, 0.717) is 18.5 Å². The topological polar surface area (TPSA) is 49.4 Å². The number of anilines is 1. The Morgan fingerprint density at radius 2 is 1.96 bits per heavy atom. The fraction of sp³-hybridized carbons (Fsp3) is 0.300. The highest BCUT2D eigenvalue weighted by molar-refractivity contribution is 5.95. The number of amides is 2. The van der Waals surface area contributed by atoms with Crippen LogP contribution < -0.4 is 10.2 Å². The Labute approximate surface area is 142 Å². The van der Waals surface area contributed by atoms with Gasteiger partial charge in [-0.1, -0.05) is 29.8 Å². The second-order valence-electron chi connectivity index (χ2n) is 6.22. The fourth-order valence-electron chi connectivity index (χ4n) is 2.98. The number of piperidine rings is 1. The Hall–Kier alpha value is -2.62. The lowest BCUT2D eigenvalue weighted by Gasteiger charge is -2.27. The maximum absolute atomic E-state index is 12.2. The molecular formula is C20H22N2O2. The lowest BCUT2D eigenvalue weighted by Crippen LogP contribution is -2.35. The largest absolute Gasteiger partial charge is 0.348 e. The van der Waals surface area contributed by atoms with Crippen molar-refractivity contribution >= 4 is 17.5 Å². The van der Waals surface area contributed by atoms with Gasteiger partial charge in [-0.25, -0.2) is 0 Å². The van der Waals surface area contributed by atoms with Crippen molar-refractivity contribution in [1.82, 2.24) is 5.32 Å². The maximum Gasteiger partial charge on any atom is 0.251 e. The second kappa shape index (κ2) is 7.30. The highest BCUT2D eigenvalue weighted by Crippen LogP contribution is 2.21. The number of hydrogen-bond donors (Lipinski definition) is 1. The molecule has 0 aromatic heterocycles. The third-order valence-corrected chi connectivity index (χ3v) is 4.28. The Kier molecular flexibility index (Phi) is 4.94. The molecule has 0 bridgehead atoms. The van der Waals surface area contributed by atoms with Crippen LogP contribution in [0.5, 0.6) is 0 Å². The number of carbonyl (C=O) groups excluding carboxylic acids is 2. The van der Waals surface area contributed by atoms with Crippen molar-refractivity contribution in [2.45, 2.75) is 32.7 Å². The zero-order chi connectivity index (χ0) is 16.9. The van der Waals surface area contributed by atoms with Crippen LogP contribution in [0.4, 0.5) is 5.69 Å². The molecule has 4 nitrogen and oxygen atoms in total. The summed E-state index contributed by atoms with van der Waals surface area (Å²) in [4.78, 5) is 26.1. The molecule has 0 atom stereocenters. The minimum absolute atomic E-state index is 0.0850. The van der Waals surface area contributed by atoms with Gasteiger partial charge in [0.05, 0.1) is 0 Å². The van der Waals surface area contributed by atoms with Crippen molar-refractivity contribution in [2.75, 3.05) is 11.4 Å². The average Bonchev–Trinajstić information content (AvgIpc) is 2.60. The normalized spacial score (nSPS) is 14.5. The number of carbonyl (C=O) groups is 2. The van der Waals surface area contributed by atoms with Crippen LogP contribution in [0.15, 0.2) is 48.5 Å². The third-order valence-electron chi connectivity index (χ3n) is 4.28. The van der Waals surface area contributed by atoms with E-state index in [1.165, 1.54) is 0 Å². The van der Waals surface area contributed by atoms with Gasteiger partial charge in [0.15, 0.2) is 0 Å². The van der Waals surface area contributed by atoms with Crippen LogP contribution in [0, 0.1) is 6.92 Å². The fourth-order valence-corrected chi connectivity index (χ4v) is 2.98. The Bertz CT molecular complexity index is 755. The first-order valence-electron chi connectivity index (χ1n) is 8.38. The molecule has 0 spiro atoms. The third kappa shape index (κ3) is 3.82. The van der Waals surface area contributed by atoms with E-state index in [-0.39, 0.29) is 11.8 Å². The van der Waals surface area contributed by atoms with Crippen LogP contribution >= 0.6 is 0 Å². The molecule has 1 aliphatic heterocycles. The van der Waals surface area contributed by atoms with Gasteiger partial charge in [-0.2, -0.15) is 0 Å². The maximum atomic E-state index is 12.2. The lowest BCUT2D eigenvalue weighted by atomic mass is 10.1. The molecule has 0 aliphatic carbocycles. The number of nitrogens with one attached hydrogen (secondary N) is 1. The number of nitrogens with zero attached hydrogens (tertiary/aromatic N) is 1. The number of benzene rings is 2. The highest BCUT2D eigenvalue weighted by atomic mass is 16.2. The van der Waals surface area contributed by atoms with Crippen molar-refractivity contribution in [3.05, 3.63) is 65.2 Å². The van der Waals surface area contributed by atoms with E-state index in [0.717, 1.165) is 36.2 Å². The van der Waals surface area contributed by atoms with Crippen molar-refractivity contribution in [3.8, 4) is 0 Å². The van der Waals surface area contributed by atoms with Crippen molar-refractivity contribution < 1.29 is 9.59 Å². The van der Waals surface area contributed by atoms with Gasteiger partial charge in [0.1, 0.15) is 0 Å². The standard InChI is InChI=1S/C20H22N2O2/c1-15-6-4-8-17(12-15)20(24)21-14-16-7-5-9-18(13-16)22-11-3-2-10-19(22)23/h4-9,12-13H,2-3,10-11,14H2,1H3,(H,21,24). The van der Waals surface area contributed by atoms with Crippen LogP contribution in [-0.2, 0) is 11.3 Å². The molecule has 2 aromatic carbocycles. The lowest BCUT2D eigenvalue weighted by molar-refractivity contribution is -0.119. The smallest absolute Gasteiger partial charge is 0.251 e. The second-order valence-corrected chi connectivity index (χ2v) is 6.22. The Balaban J connectivity index is 1.66. The Morgan fingerprint density at radius 3 is 2.75 bits per heavy atom. The van der Waals surface area contributed by atoms with Gasteiger partial charge >= 0.3 is 0 Å². The number of rotatable bonds is 4. The molecule has 1 fully saturated rings. The van der Waals surface area contributed by atoms with E-state index < -0.39 is 0 Å². The van der Waals surface area contributed by atoms with E-state index in [9.17, 15) is 9.59 Å². The molecule has 4 heteroatoms. The van der Waals surface area contributed by atoms with Gasteiger partial charge in [-0.05, 0) is 49.6 Å². The molecule has 1 saturated heterocycles. The SMILES string of the molecule is Cc1cccc(C(=O)NCc2cccc(N3CCCCC3=O)c2)c1. The summed E-state index contributed by atoms with van der Waals surface area (Å²) < 4.78 is 0. The molecule has 24 heavy (non-hydrogen) atoms. The monoisotopic (exact) mass is 322 g/mol. The molecule has 0 radical (unpaired) electrons. The van der Waals surface area contributed by atoms with Crippen LogP contribution in [0.1, 0.15) is 40.7 Å². The molecular weight excluding hydrogens is 300 g/mol. The summed E-state index contributed by atoms with van der Waals surface area (Å²) in [6.07, 6.45) is 2.63. The van der Waals surface area contributed by atoms with Gasteiger partial charge < -0.3 is 10.2 Å². The van der Waals surface area contributed by atoms with Crippen molar-refractivity contribution in [1.29, 1.82) is 0 Å². The molecule has 124 valence electrons. The van der Waals surface area contributed by atoms with E-state index in [2.05, 4.69) is 5.32 Å². The molecule has 0 saturated carbocycles. The first kappa shape index (κ1) is 16.2. The van der Waals surface area contributed by atoms with Crippen LogP contribution in [-0.4, -0.2) is 18.4 Å². The van der Waals surface area contributed by atoms with Crippen LogP contribution in [0.2, 0.25) is 0 Å². The summed E-state index contributed by atoms with van der Waals surface area (Å²) in [5.41, 5.74) is 3.64. The summed E-state index contributed by atoms with van der Waals surface area (Å²) in [6, 6.07) is 15.4. The molecule has 2 aromatic rings. The average molecular weight is 322 g/mol. The molecule has 0 unspecified atom stereocenters. The molecule has 1 N–H and O–H groups in total. The molecule has 2 amide bonds. The van der Waals surface area contributed by atoms with Gasteiger partial charge in [-0.3, -0.25) is 9.59 Å². The van der Waals surface area contributed by atoms with Crippen LogP contribution in [0.25, 0.3) is 0 Å². The minimum Gasteiger partial charge on any atom is -0.348 e. The highest BCUT2D eigenvalue weighted by Gasteiger charge is 2.19. The van der Waals surface area contributed by atoms with Crippen molar-refractivity contribution in [2.24, 2.45) is 0 Å². The zero-order valence-corrected chi connectivity index (χ0v) is 13.9. The molecule has 1 heterocycles. The molecule has 1 aliphatic rings.